The Morgan fingerprint density at radius 3 is 2.00 bits per heavy atom. The molecule has 2 rings (SSSR count). The Hall–Kier alpha value is -1.24. The van der Waals surface area contributed by atoms with E-state index in [1.807, 2.05) is 4.90 Å². The van der Waals surface area contributed by atoms with Crippen molar-refractivity contribution in [2.24, 2.45) is 0 Å². The summed E-state index contributed by atoms with van der Waals surface area (Å²) in [6, 6.07) is 5.58. The highest BCUT2D eigenvalue weighted by atomic mass is 28.3. The second-order valence-electron chi connectivity index (χ2n) is 9.75. The van der Waals surface area contributed by atoms with E-state index in [4.69, 9.17) is 9.47 Å². The minimum atomic E-state index is -1.60. The van der Waals surface area contributed by atoms with Gasteiger partial charge in [0.15, 0.2) is 5.82 Å². The summed E-state index contributed by atoms with van der Waals surface area (Å²) >= 11 is 0. The van der Waals surface area contributed by atoms with Gasteiger partial charge < -0.3 is 24.4 Å². The van der Waals surface area contributed by atoms with Crippen LogP contribution in [0.5, 0.6) is 0 Å². The van der Waals surface area contributed by atoms with Gasteiger partial charge in [-0.15, -0.1) is 0 Å². The first-order valence-electron chi connectivity index (χ1n) is 10.1. The lowest BCUT2D eigenvalue weighted by molar-refractivity contribution is 0.0948. The van der Waals surface area contributed by atoms with Crippen molar-refractivity contribution in [2.45, 2.75) is 51.4 Å². The molecule has 0 saturated carbocycles. The third-order valence-electron chi connectivity index (χ3n) is 4.51. The average molecular weight is 438 g/mol. The van der Waals surface area contributed by atoms with Crippen molar-refractivity contribution >= 4 is 40.2 Å². The van der Waals surface area contributed by atoms with Crippen LogP contribution >= 0.6 is 0 Å². The Kier molecular flexibility index (Phi) is 8.44. The number of rotatable bonds is 12. The van der Waals surface area contributed by atoms with Gasteiger partial charge in [0, 0.05) is 29.4 Å². The predicted molar refractivity (Wildman–Crippen MR) is 123 cm³/mol. The number of hydrogen-bond acceptors (Lipinski definition) is 7. The molecular weight excluding hydrogens is 403 g/mol. The lowest BCUT2D eigenvalue weighted by atomic mass is 9.87. The summed E-state index contributed by atoms with van der Waals surface area (Å²) in [6.07, 6.45) is 1.41. The summed E-state index contributed by atoms with van der Waals surface area (Å²) in [6.45, 7) is 16.0. The molecule has 2 heterocycles. The molecule has 8 nitrogen and oxygen atoms in total. The Balaban J connectivity index is 2.14. The van der Waals surface area contributed by atoms with Crippen molar-refractivity contribution < 1.29 is 19.5 Å². The van der Waals surface area contributed by atoms with Gasteiger partial charge in [-0.05, 0) is 24.2 Å². The Morgan fingerprint density at radius 2 is 1.52 bits per heavy atom. The van der Waals surface area contributed by atoms with Crippen molar-refractivity contribution in [3.05, 3.63) is 18.5 Å². The smallest absolute Gasteiger partial charge is 0.422 e. The summed E-state index contributed by atoms with van der Waals surface area (Å²) in [5.41, 5.74) is 0.973. The summed E-state index contributed by atoms with van der Waals surface area (Å²) < 4.78 is 13.4. The molecule has 0 aliphatic heterocycles. The maximum atomic E-state index is 9.56. The normalized spacial score (nSPS) is 12.6. The van der Waals surface area contributed by atoms with Crippen LogP contribution in [0.15, 0.2) is 18.5 Å². The van der Waals surface area contributed by atoms with Crippen LogP contribution in [0.25, 0.3) is 5.52 Å². The van der Waals surface area contributed by atoms with Gasteiger partial charge in [0.1, 0.15) is 25.3 Å². The molecule has 0 aliphatic rings. The molecule has 162 valence electrons. The molecule has 0 bridgehead atoms. The van der Waals surface area contributed by atoms with Crippen LogP contribution in [0.4, 0.5) is 5.82 Å². The molecule has 0 fully saturated rings. The first kappa shape index (κ1) is 24.0. The molecule has 0 unspecified atom stereocenters. The summed E-state index contributed by atoms with van der Waals surface area (Å²) in [4.78, 5) is 6.35. The SMILES string of the molecule is C[Si](C)(C)CCOCN(COCC[Si](C)(C)C)c1ncnn2c(B(O)O)ccc12. The van der Waals surface area contributed by atoms with Crippen molar-refractivity contribution in [3.63, 3.8) is 0 Å². The summed E-state index contributed by atoms with van der Waals surface area (Å²) in [5.74, 6) is 0.646. The quantitative estimate of drug-likeness (QED) is 0.297. The molecule has 0 radical (unpaired) electrons. The van der Waals surface area contributed by atoms with E-state index < -0.39 is 23.3 Å². The third-order valence-corrected chi connectivity index (χ3v) is 7.92. The molecular formula is C18H35BN4O4Si2. The van der Waals surface area contributed by atoms with E-state index in [-0.39, 0.29) is 0 Å². The van der Waals surface area contributed by atoms with Crippen molar-refractivity contribution in [2.75, 3.05) is 31.6 Å². The molecule has 0 aromatic carbocycles. The van der Waals surface area contributed by atoms with Crippen LogP contribution < -0.4 is 10.5 Å². The first-order valence-corrected chi connectivity index (χ1v) is 17.5. The van der Waals surface area contributed by atoms with E-state index in [0.717, 1.165) is 12.1 Å². The average Bonchev–Trinajstić information content (AvgIpc) is 3.03. The van der Waals surface area contributed by atoms with Crippen LogP contribution in [-0.2, 0) is 9.47 Å². The van der Waals surface area contributed by atoms with Crippen LogP contribution in [0, 0.1) is 0 Å². The van der Waals surface area contributed by atoms with Crippen molar-refractivity contribution in [3.8, 4) is 0 Å². The zero-order valence-corrected chi connectivity index (χ0v) is 20.6. The zero-order chi connectivity index (χ0) is 21.7. The molecule has 0 saturated heterocycles. The molecule has 0 amide bonds. The Morgan fingerprint density at radius 1 is 0.966 bits per heavy atom. The number of ether oxygens (including phenoxy) is 2. The first-order chi connectivity index (χ1) is 13.5. The second-order valence-corrected chi connectivity index (χ2v) is 21.0. The standard InChI is InChI=1S/C18H35BN4O4Si2/c1-28(2,3)11-9-26-14-22(15-27-10-12-29(4,5)6)18-16-7-8-17(19(24)25)23(16)21-13-20-18/h7-8,13,24-25H,9-12,14-15H2,1-6H3. The predicted octanol–water partition coefficient (Wildman–Crippen LogP) is 1.84. The van der Waals surface area contributed by atoms with Gasteiger partial charge in [0.05, 0.1) is 5.59 Å². The Bertz CT molecular complexity index is 755. The minimum absolute atomic E-state index is 0.294. The van der Waals surface area contributed by atoms with E-state index in [2.05, 4.69) is 49.4 Å². The highest BCUT2D eigenvalue weighted by Crippen LogP contribution is 2.18. The Labute approximate surface area is 176 Å². The number of nitrogens with zero attached hydrogens (tertiary/aromatic N) is 4. The van der Waals surface area contributed by atoms with Crippen LogP contribution in [-0.4, -0.2) is 74.6 Å². The van der Waals surface area contributed by atoms with E-state index >= 15 is 0 Å². The fraction of sp³-hybridized carbons (Fsp3) is 0.667. The van der Waals surface area contributed by atoms with E-state index in [9.17, 15) is 10.0 Å². The minimum Gasteiger partial charge on any atom is -0.422 e. The van der Waals surface area contributed by atoms with Gasteiger partial charge in [0.2, 0.25) is 0 Å². The molecule has 2 aromatic rings. The monoisotopic (exact) mass is 438 g/mol. The van der Waals surface area contributed by atoms with Gasteiger partial charge in [-0.25, -0.2) is 9.50 Å². The molecule has 11 heteroatoms. The lowest BCUT2D eigenvalue weighted by Gasteiger charge is -2.25. The highest BCUT2D eigenvalue weighted by Gasteiger charge is 2.21. The van der Waals surface area contributed by atoms with Crippen LogP contribution in [0.3, 0.4) is 0 Å². The maximum absolute atomic E-state index is 9.56. The fourth-order valence-corrected chi connectivity index (χ4v) is 4.16. The molecule has 0 atom stereocenters. The maximum Gasteiger partial charge on any atom is 0.508 e. The van der Waals surface area contributed by atoms with Crippen LogP contribution in [0.1, 0.15) is 0 Å². The van der Waals surface area contributed by atoms with Gasteiger partial charge in [-0.1, -0.05) is 39.3 Å². The summed E-state index contributed by atoms with van der Waals surface area (Å²) in [7, 11) is -3.94. The molecule has 2 aromatic heterocycles. The van der Waals surface area contributed by atoms with Gasteiger partial charge in [-0.3, -0.25) is 0 Å². The molecule has 0 spiro atoms. The summed E-state index contributed by atoms with van der Waals surface area (Å²) in [5, 5.41) is 23.3. The van der Waals surface area contributed by atoms with Crippen molar-refractivity contribution in [1.82, 2.24) is 14.6 Å². The number of fused-ring (bicyclic) bond motifs is 1. The number of hydrogen-bond donors (Lipinski definition) is 2. The van der Waals surface area contributed by atoms with E-state index in [1.54, 1.807) is 12.1 Å². The van der Waals surface area contributed by atoms with Gasteiger partial charge in [0.25, 0.3) is 0 Å². The largest absolute Gasteiger partial charge is 0.508 e. The topological polar surface area (TPSA) is 92.4 Å². The zero-order valence-electron chi connectivity index (χ0n) is 18.6. The number of anilines is 1. The van der Waals surface area contributed by atoms with Crippen LogP contribution in [0.2, 0.25) is 51.4 Å². The number of aromatic nitrogens is 3. The molecule has 2 N–H and O–H groups in total. The van der Waals surface area contributed by atoms with E-state index in [1.165, 1.54) is 10.8 Å². The van der Waals surface area contributed by atoms with Gasteiger partial charge >= 0.3 is 7.12 Å². The fourth-order valence-electron chi connectivity index (χ4n) is 2.65. The van der Waals surface area contributed by atoms with Gasteiger partial charge in [-0.2, -0.15) is 5.10 Å². The van der Waals surface area contributed by atoms with Crippen molar-refractivity contribution in [1.29, 1.82) is 0 Å². The molecule has 29 heavy (non-hydrogen) atoms. The highest BCUT2D eigenvalue weighted by molar-refractivity contribution is 6.76. The molecule has 0 aliphatic carbocycles. The van der Waals surface area contributed by atoms with E-state index in [0.29, 0.717) is 43.6 Å². The lowest BCUT2D eigenvalue weighted by Crippen LogP contribution is -2.36. The third kappa shape index (κ3) is 7.83. The second kappa shape index (κ2) is 10.2.